The van der Waals surface area contributed by atoms with Crippen LogP contribution < -0.4 is 5.84 Å². The zero-order chi connectivity index (χ0) is 13.7. The molecule has 0 bridgehead atoms. The molecule has 0 aromatic rings. The Bertz CT molecular complexity index is 286. The summed E-state index contributed by atoms with van der Waals surface area (Å²) in [4.78, 5) is 0. The maximum atomic E-state index is 5.50. The van der Waals surface area contributed by atoms with Crippen LogP contribution in [0.5, 0.6) is 0 Å². The van der Waals surface area contributed by atoms with E-state index in [-0.39, 0.29) is 0 Å². The second-order valence-corrected chi connectivity index (χ2v) is 14.7. The van der Waals surface area contributed by atoms with E-state index in [0.717, 1.165) is 18.3 Å². The summed E-state index contributed by atoms with van der Waals surface area (Å²) in [6.07, 6.45) is 3.93. The van der Waals surface area contributed by atoms with Crippen molar-refractivity contribution in [3.63, 3.8) is 0 Å². The van der Waals surface area contributed by atoms with Crippen LogP contribution in [0.15, 0.2) is 5.10 Å². The van der Waals surface area contributed by atoms with Gasteiger partial charge in [0, 0.05) is 0 Å². The number of rotatable bonds is 8. The van der Waals surface area contributed by atoms with E-state index in [0.29, 0.717) is 0 Å². The fourth-order valence-electron chi connectivity index (χ4n) is 1.98. The van der Waals surface area contributed by atoms with E-state index >= 15 is 0 Å². The second kappa shape index (κ2) is 8.54. The molecule has 0 spiro atoms. The summed E-state index contributed by atoms with van der Waals surface area (Å²) in [6, 6.07) is 0. The average molecular weight is 496 g/mol. The first-order valence-electron chi connectivity index (χ1n) is 6.80. The molecule has 1 fully saturated rings. The third-order valence-corrected chi connectivity index (χ3v) is 14.8. The van der Waals surface area contributed by atoms with Crippen LogP contribution in [0.3, 0.4) is 0 Å². The number of halogens is 2. The quantitative estimate of drug-likeness (QED) is 0.225. The standard InChI is InChI=1S/C13H26I2N2S/c1-5-9(4)8-10(14)11(6-2)18-13-12(17-16)15(13)7-3/h9-11,13H,5-8,16H2,1-4H3/t9-,10+,11+,13?/m1/s1. The third kappa shape index (κ3) is 4.68. The van der Waals surface area contributed by atoms with Crippen LogP contribution in [0.25, 0.3) is 0 Å². The van der Waals surface area contributed by atoms with E-state index in [4.69, 9.17) is 5.84 Å². The Balaban J connectivity index is 2.47. The number of alkyl halides is 3. The van der Waals surface area contributed by atoms with Crippen molar-refractivity contribution in [2.75, 3.05) is 4.43 Å². The van der Waals surface area contributed by atoms with Crippen LogP contribution in [-0.4, -0.2) is 20.6 Å². The van der Waals surface area contributed by atoms with Crippen LogP contribution >= 0.6 is 54.2 Å². The molecule has 0 aromatic heterocycles. The van der Waals surface area contributed by atoms with E-state index in [1.165, 1.54) is 27.4 Å². The monoisotopic (exact) mass is 496 g/mol. The molecule has 0 amide bonds. The van der Waals surface area contributed by atoms with Crippen molar-refractivity contribution < 1.29 is 0 Å². The van der Waals surface area contributed by atoms with Gasteiger partial charge >= 0.3 is 139 Å². The van der Waals surface area contributed by atoms with Crippen molar-refractivity contribution in [1.29, 1.82) is 0 Å². The van der Waals surface area contributed by atoms with Crippen LogP contribution in [0.1, 0.15) is 47.0 Å². The summed E-state index contributed by atoms with van der Waals surface area (Å²) in [5.74, 6) is 6.35. The molecule has 1 aliphatic heterocycles. The summed E-state index contributed by atoms with van der Waals surface area (Å²) >= 11 is 3.98. The molecule has 2 nitrogen and oxygen atoms in total. The Morgan fingerprint density at radius 2 is 2.06 bits per heavy atom. The predicted octanol–water partition coefficient (Wildman–Crippen LogP) is 4.88. The number of hydrogen-bond acceptors (Lipinski definition) is 3. The molecule has 0 aromatic carbocycles. The van der Waals surface area contributed by atoms with E-state index in [9.17, 15) is 0 Å². The van der Waals surface area contributed by atoms with Gasteiger partial charge in [-0.1, -0.05) is 0 Å². The zero-order valence-electron chi connectivity index (χ0n) is 11.8. The van der Waals surface area contributed by atoms with Gasteiger partial charge in [-0.05, 0) is 0 Å². The first-order valence-corrected chi connectivity index (χ1v) is 12.8. The summed E-state index contributed by atoms with van der Waals surface area (Å²) in [5, 5.41) is 4.81. The molecular weight excluding hydrogens is 470 g/mol. The van der Waals surface area contributed by atoms with Crippen molar-refractivity contribution in [2.24, 2.45) is 16.9 Å². The molecule has 108 valence electrons. The van der Waals surface area contributed by atoms with Crippen molar-refractivity contribution in [1.82, 2.24) is 0 Å². The van der Waals surface area contributed by atoms with Crippen molar-refractivity contribution in [2.45, 2.75) is 59.4 Å². The minimum absolute atomic E-state index is 0.767. The number of nitrogens with zero attached hydrogens (tertiary/aromatic N) is 1. The minimum atomic E-state index is -0.872. The van der Waals surface area contributed by atoms with E-state index in [1.807, 2.05) is 0 Å². The Kier molecular flexibility index (Phi) is 8.22. The molecule has 1 heterocycles. The van der Waals surface area contributed by atoms with Gasteiger partial charge < -0.3 is 0 Å². The fourth-order valence-corrected chi connectivity index (χ4v) is 13.6. The Morgan fingerprint density at radius 3 is 2.44 bits per heavy atom. The van der Waals surface area contributed by atoms with Crippen LogP contribution in [0.2, 0.25) is 0 Å². The molecule has 0 radical (unpaired) electrons. The predicted molar refractivity (Wildman–Crippen MR) is 104 cm³/mol. The molecule has 0 aliphatic carbocycles. The molecule has 4 atom stereocenters. The van der Waals surface area contributed by atoms with Gasteiger partial charge in [0.15, 0.2) is 0 Å². The maximum absolute atomic E-state index is 5.50. The fraction of sp³-hybridized carbons (Fsp3) is 0.923. The molecule has 5 heteroatoms. The van der Waals surface area contributed by atoms with Gasteiger partial charge in [-0.3, -0.25) is 0 Å². The van der Waals surface area contributed by atoms with Gasteiger partial charge in [-0.15, -0.1) is 0 Å². The molecule has 1 rings (SSSR count). The third-order valence-electron chi connectivity index (χ3n) is 3.46. The average Bonchev–Trinajstić information content (AvgIpc) is 3.07. The van der Waals surface area contributed by atoms with Crippen LogP contribution in [0.4, 0.5) is 0 Å². The summed E-state index contributed by atoms with van der Waals surface area (Å²) in [7, 11) is 0. The Labute approximate surface area is 137 Å². The van der Waals surface area contributed by atoms with Crippen molar-refractivity contribution in [3.05, 3.63) is 0 Å². The Morgan fingerprint density at radius 1 is 1.39 bits per heavy atom. The number of hydrogen-bond donors (Lipinski definition) is 1. The molecule has 2 N–H and O–H groups in total. The Hall–Kier alpha value is 1.28. The van der Waals surface area contributed by atoms with Crippen molar-refractivity contribution >= 4 is 57.9 Å². The molecule has 1 unspecified atom stereocenters. The van der Waals surface area contributed by atoms with E-state index in [1.54, 1.807) is 0 Å². The van der Waals surface area contributed by atoms with E-state index < -0.39 is 19.8 Å². The molecular formula is C13H26I2N2S. The van der Waals surface area contributed by atoms with Gasteiger partial charge in [-0.2, -0.15) is 0 Å². The van der Waals surface area contributed by atoms with Gasteiger partial charge in [0.05, 0.1) is 0 Å². The summed E-state index contributed by atoms with van der Waals surface area (Å²) in [5.41, 5.74) is 0. The van der Waals surface area contributed by atoms with Crippen molar-refractivity contribution in [3.8, 4) is 0 Å². The number of nitrogens with two attached hydrogens (primary N) is 1. The number of thioether (sulfide) groups is 1. The van der Waals surface area contributed by atoms with Gasteiger partial charge in [-0.25, -0.2) is 0 Å². The summed E-state index contributed by atoms with van der Waals surface area (Å²) in [6.45, 7) is 9.30. The first-order chi connectivity index (χ1) is 8.58. The molecule has 0 saturated carbocycles. The van der Waals surface area contributed by atoms with Gasteiger partial charge in [0.2, 0.25) is 0 Å². The van der Waals surface area contributed by atoms with Crippen LogP contribution in [0, 0.1) is 5.92 Å². The first kappa shape index (κ1) is 17.3. The van der Waals surface area contributed by atoms with Gasteiger partial charge in [0.25, 0.3) is 0 Å². The second-order valence-electron chi connectivity index (χ2n) is 4.78. The van der Waals surface area contributed by atoms with Crippen LogP contribution in [-0.2, 0) is 0 Å². The molecule has 18 heavy (non-hydrogen) atoms. The molecule has 1 saturated heterocycles. The SMILES string of the molecule is CC[C@@H](C)C[C@H](I)[C@H](CC)SC1C(=NN)I1CC. The van der Waals surface area contributed by atoms with E-state index in [2.05, 4.69) is 67.1 Å². The van der Waals surface area contributed by atoms with Gasteiger partial charge in [0.1, 0.15) is 0 Å². The summed E-state index contributed by atoms with van der Waals surface area (Å²) < 4.78 is 4.30. The molecule has 1 aliphatic rings. The topological polar surface area (TPSA) is 38.4 Å². The normalized spacial score (nSPS) is 28.2. The zero-order valence-corrected chi connectivity index (χ0v) is 17.0. The number of hydrazone groups is 1.